The standard InChI is InChI=1S/C12H16N4O2S/c1-9(12-7-8-13-15-12)14-10-3-5-11(6-4-10)16-19(2,17)18/h3-9,14,16H,1-2H3,(H,13,15). The third-order valence-electron chi connectivity index (χ3n) is 2.56. The van der Waals surface area contributed by atoms with E-state index in [1.807, 2.05) is 25.1 Å². The summed E-state index contributed by atoms with van der Waals surface area (Å²) in [5, 5.41) is 10.1. The SMILES string of the molecule is CC(Nc1ccc(NS(C)(=O)=O)cc1)c1ccn[nH]1. The molecule has 0 amide bonds. The van der Waals surface area contributed by atoms with E-state index >= 15 is 0 Å². The number of anilines is 2. The molecule has 0 fully saturated rings. The number of aromatic amines is 1. The van der Waals surface area contributed by atoms with Crippen molar-refractivity contribution in [2.45, 2.75) is 13.0 Å². The highest BCUT2D eigenvalue weighted by Crippen LogP contribution is 2.19. The van der Waals surface area contributed by atoms with Gasteiger partial charge in [0.05, 0.1) is 18.0 Å². The molecule has 2 rings (SSSR count). The molecule has 6 nitrogen and oxygen atoms in total. The average molecular weight is 280 g/mol. The van der Waals surface area contributed by atoms with Crippen molar-refractivity contribution in [3.8, 4) is 0 Å². The molecule has 1 aromatic carbocycles. The predicted molar refractivity (Wildman–Crippen MR) is 75.5 cm³/mol. The van der Waals surface area contributed by atoms with E-state index in [-0.39, 0.29) is 6.04 Å². The fourth-order valence-electron chi connectivity index (χ4n) is 1.68. The molecule has 0 radical (unpaired) electrons. The number of H-pyrrole nitrogens is 1. The molecule has 0 aliphatic rings. The molecular weight excluding hydrogens is 264 g/mol. The monoisotopic (exact) mass is 280 g/mol. The van der Waals surface area contributed by atoms with Crippen molar-refractivity contribution < 1.29 is 8.42 Å². The molecule has 3 N–H and O–H groups in total. The third-order valence-corrected chi connectivity index (χ3v) is 3.17. The van der Waals surface area contributed by atoms with E-state index in [2.05, 4.69) is 20.2 Å². The van der Waals surface area contributed by atoms with Crippen molar-refractivity contribution in [2.75, 3.05) is 16.3 Å². The molecule has 102 valence electrons. The zero-order chi connectivity index (χ0) is 13.9. The molecule has 7 heteroatoms. The van der Waals surface area contributed by atoms with Crippen LogP contribution in [0.2, 0.25) is 0 Å². The molecular formula is C12H16N4O2S. The second-order valence-corrected chi connectivity index (χ2v) is 6.08. The summed E-state index contributed by atoms with van der Waals surface area (Å²) < 4.78 is 24.6. The number of aromatic nitrogens is 2. The molecule has 0 aliphatic carbocycles. The summed E-state index contributed by atoms with van der Waals surface area (Å²) in [5.74, 6) is 0. The minimum Gasteiger partial charge on any atom is -0.377 e. The van der Waals surface area contributed by atoms with E-state index in [0.717, 1.165) is 17.6 Å². The van der Waals surface area contributed by atoms with Crippen molar-refractivity contribution in [2.24, 2.45) is 0 Å². The van der Waals surface area contributed by atoms with Gasteiger partial charge in [0, 0.05) is 17.6 Å². The second kappa shape index (κ2) is 5.31. The fourth-order valence-corrected chi connectivity index (χ4v) is 2.25. The lowest BCUT2D eigenvalue weighted by molar-refractivity contribution is 0.607. The van der Waals surface area contributed by atoms with Gasteiger partial charge in [0.25, 0.3) is 0 Å². The van der Waals surface area contributed by atoms with E-state index in [4.69, 9.17) is 0 Å². The lowest BCUT2D eigenvalue weighted by Crippen LogP contribution is -2.10. The van der Waals surface area contributed by atoms with Gasteiger partial charge in [-0.2, -0.15) is 5.10 Å². The van der Waals surface area contributed by atoms with Gasteiger partial charge < -0.3 is 5.32 Å². The Morgan fingerprint density at radius 1 is 1.16 bits per heavy atom. The van der Waals surface area contributed by atoms with Crippen molar-refractivity contribution >= 4 is 21.4 Å². The maximum atomic E-state index is 11.1. The van der Waals surface area contributed by atoms with Crippen LogP contribution < -0.4 is 10.0 Å². The van der Waals surface area contributed by atoms with Crippen LogP contribution in [0.15, 0.2) is 36.5 Å². The summed E-state index contributed by atoms with van der Waals surface area (Å²) in [6.07, 6.45) is 2.83. The Morgan fingerprint density at radius 2 is 1.79 bits per heavy atom. The Hall–Kier alpha value is -2.02. The molecule has 0 saturated heterocycles. The van der Waals surface area contributed by atoms with Gasteiger partial charge in [-0.3, -0.25) is 9.82 Å². The quantitative estimate of drug-likeness (QED) is 0.781. The van der Waals surface area contributed by atoms with Crippen molar-refractivity contribution in [3.63, 3.8) is 0 Å². The Bertz CT molecular complexity index is 620. The second-order valence-electron chi connectivity index (χ2n) is 4.33. The predicted octanol–water partition coefficient (Wildman–Crippen LogP) is 1.95. The number of hydrogen-bond acceptors (Lipinski definition) is 4. The van der Waals surface area contributed by atoms with Gasteiger partial charge in [0.2, 0.25) is 10.0 Å². The molecule has 1 aromatic heterocycles. The van der Waals surface area contributed by atoms with Gasteiger partial charge >= 0.3 is 0 Å². The molecule has 0 bridgehead atoms. The highest BCUT2D eigenvalue weighted by molar-refractivity contribution is 7.92. The number of nitrogens with one attached hydrogen (secondary N) is 3. The van der Waals surface area contributed by atoms with Crippen LogP contribution in [-0.4, -0.2) is 24.9 Å². The summed E-state index contributed by atoms with van der Waals surface area (Å²) >= 11 is 0. The summed E-state index contributed by atoms with van der Waals surface area (Å²) in [7, 11) is -3.23. The lowest BCUT2D eigenvalue weighted by Gasteiger charge is -2.14. The summed E-state index contributed by atoms with van der Waals surface area (Å²) in [6.45, 7) is 2.01. The maximum absolute atomic E-state index is 11.1. The van der Waals surface area contributed by atoms with Crippen LogP contribution in [0.5, 0.6) is 0 Å². The van der Waals surface area contributed by atoms with E-state index in [0.29, 0.717) is 5.69 Å². The minimum atomic E-state index is -3.23. The Kier molecular flexibility index (Phi) is 3.75. The van der Waals surface area contributed by atoms with Gasteiger partial charge in [0.1, 0.15) is 0 Å². The van der Waals surface area contributed by atoms with E-state index < -0.39 is 10.0 Å². The van der Waals surface area contributed by atoms with Gasteiger partial charge in [-0.1, -0.05) is 0 Å². The smallest absolute Gasteiger partial charge is 0.229 e. The number of nitrogens with zero attached hydrogens (tertiary/aromatic N) is 1. The summed E-state index contributed by atoms with van der Waals surface area (Å²) in [5.41, 5.74) is 2.43. The third kappa shape index (κ3) is 3.99. The molecule has 1 atom stereocenters. The zero-order valence-corrected chi connectivity index (χ0v) is 11.5. The number of hydrogen-bond donors (Lipinski definition) is 3. The van der Waals surface area contributed by atoms with Crippen LogP contribution in [0, 0.1) is 0 Å². The largest absolute Gasteiger partial charge is 0.377 e. The van der Waals surface area contributed by atoms with Crippen LogP contribution in [-0.2, 0) is 10.0 Å². The highest BCUT2D eigenvalue weighted by Gasteiger charge is 2.06. The van der Waals surface area contributed by atoms with Crippen LogP contribution in [0.1, 0.15) is 18.7 Å². The van der Waals surface area contributed by atoms with E-state index in [1.54, 1.807) is 18.3 Å². The van der Waals surface area contributed by atoms with Crippen LogP contribution >= 0.6 is 0 Å². The van der Waals surface area contributed by atoms with Crippen molar-refractivity contribution in [1.82, 2.24) is 10.2 Å². The topological polar surface area (TPSA) is 86.9 Å². The van der Waals surface area contributed by atoms with E-state index in [9.17, 15) is 8.42 Å². The first kappa shape index (κ1) is 13.4. The van der Waals surface area contributed by atoms with Crippen molar-refractivity contribution in [1.29, 1.82) is 0 Å². The van der Waals surface area contributed by atoms with Crippen LogP contribution in [0.3, 0.4) is 0 Å². The first-order valence-corrected chi connectivity index (χ1v) is 7.67. The van der Waals surface area contributed by atoms with Gasteiger partial charge in [-0.05, 0) is 37.3 Å². The normalized spacial score (nSPS) is 12.9. The highest BCUT2D eigenvalue weighted by atomic mass is 32.2. The van der Waals surface area contributed by atoms with Gasteiger partial charge in [-0.15, -0.1) is 0 Å². The maximum Gasteiger partial charge on any atom is 0.229 e. The van der Waals surface area contributed by atoms with Crippen molar-refractivity contribution in [3.05, 3.63) is 42.2 Å². The molecule has 19 heavy (non-hydrogen) atoms. The van der Waals surface area contributed by atoms with Crippen LogP contribution in [0.25, 0.3) is 0 Å². The zero-order valence-electron chi connectivity index (χ0n) is 10.7. The Morgan fingerprint density at radius 3 is 2.32 bits per heavy atom. The Labute approximate surface area is 112 Å². The minimum absolute atomic E-state index is 0.0937. The fraction of sp³-hybridized carbons (Fsp3) is 0.250. The first-order valence-electron chi connectivity index (χ1n) is 5.78. The Balaban J connectivity index is 2.03. The molecule has 0 saturated carbocycles. The molecule has 0 aliphatic heterocycles. The molecule has 1 unspecified atom stereocenters. The number of benzene rings is 1. The summed E-state index contributed by atoms with van der Waals surface area (Å²) in [4.78, 5) is 0. The molecule has 0 spiro atoms. The van der Waals surface area contributed by atoms with Crippen LogP contribution in [0.4, 0.5) is 11.4 Å². The van der Waals surface area contributed by atoms with Gasteiger partial charge in [0.15, 0.2) is 0 Å². The summed E-state index contributed by atoms with van der Waals surface area (Å²) in [6, 6.07) is 9.06. The number of sulfonamides is 1. The van der Waals surface area contributed by atoms with Gasteiger partial charge in [-0.25, -0.2) is 8.42 Å². The van der Waals surface area contributed by atoms with E-state index in [1.165, 1.54) is 0 Å². The lowest BCUT2D eigenvalue weighted by atomic mass is 10.2. The average Bonchev–Trinajstić information content (AvgIpc) is 2.83. The number of rotatable bonds is 5. The molecule has 1 heterocycles. The first-order chi connectivity index (χ1) is 8.94. The molecule has 2 aromatic rings.